The average molecular weight is 208 g/mol. The number of aliphatic carboxylic acids is 1. The molecule has 4 heteroatoms. The third-order valence-electron chi connectivity index (χ3n) is 2.67. The van der Waals surface area contributed by atoms with Crippen LogP contribution in [0.4, 0.5) is 0 Å². The van der Waals surface area contributed by atoms with E-state index in [9.17, 15) is 4.79 Å². The van der Waals surface area contributed by atoms with Crippen molar-refractivity contribution in [2.75, 3.05) is 0 Å². The zero-order chi connectivity index (χ0) is 11.0. The Labute approximate surface area is 88.9 Å². The van der Waals surface area contributed by atoms with Gasteiger partial charge < -0.3 is 9.67 Å². The van der Waals surface area contributed by atoms with E-state index >= 15 is 0 Å². The summed E-state index contributed by atoms with van der Waals surface area (Å²) >= 11 is 0. The number of hydrogen-bond acceptors (Lipinski definition) is 2. The van der Waals surface area contributed by atoms with E-state index in [1.165, 1.54) is 0 Å². The lowest BCUT2D eigenvalue weighted by atomic mass is 10.2. The maximum Gasteiger partial charge on any atom is 0.311 e. The summed E-state index contributed by atoms with van der Waals surface area (Å²) in [6.45, 7) is 4.15. The van der Waals surface area contributed by atoms with E-state index in [0.29, 0.717) is 17.8 Å². The highest BCUT2D eigenvalue weighted by atomic mass is 16.4. The van der Waals surface area contributed by atoms with Gasteiger partial charge in [-0.3, -0.25) is 4.79 Å². The first-order valence-electron chi connectivity index (χ1n) is 5.37. The van der Waals surface area contributed by atoms with Crippen LogP contribution in [0.2, 0.25) is 0 Å². The van der Waals surface area contributed by atoms with Crippen LogP contribution in [0.25, 0.3) is 0 Å². The van der Waals surface area contributed by atoms with Crippen LogP contribution < -0.4 is 0 Å². The van der Waals surface area contributed by atoms with Gasteiger partial charge >= 0.3 is 5.97 Å². The summed E-state index contributed by atoms with van der Waals surface area (Å²) in [6, 6.07) is 0.499. The van der Waals surface area contributed by atoms with Gasteiger partial charge in [0, 0.05) is 12.2 Å². The second-order valence-electron chi connectivity index (χ2n) is 4.45. The van der Waals surface area contributed by atoms with Crippen LogP contribution in [0.3, 0.4) is 0 Å². The molecule has 0 unspecified atom stereocenters. The van der Waals surface area contributed by atoms with Crippen LogP contribution in [0.15, 0.2) is 6.20 Å². The van der Waals surface area contributed by atoms with Gasteiger partial charge in [0.2, 0.25) is 0 Å². The fourth-order valence-electron chi connectivity index (χ4n) is 1.67. The molecule has 0 atom stereocenters. The largest absolute Gasteiger partial charge is 0.481 e. The normalized spacial score (nSPS) is 15.9. The molecule has 1 aliphatic rings. The summed E-state index contributed by atoms with van der Waals surface area (Å²) in [5, 5.41) is 8.79. The third-order valence-corrected chi connectivity index (χ3v) is 2.67. The van der Waals surface area contributed by atoms with Gasteiger partial charge in [-0.05, 0) is 18.8 Å². The summed E-state index contributed by atoms with van der Waals surface area (Å²) in [5.41, 5.74) is 0.998. The Kier molecular flexibility index (Phi) is 2.50. The standard InChI is InChI=1S/C11H16N2O2/c1-7(2)9-6-13(8-3-4-8)10(12-9)5-11(14)15/h6-8H,3-5H2,1-2H3,(H,14,15). The highest BCUT2D eigenvalue weighted by Crippen LogP contribution is 2.36. The molecular formula is C11H16N2O2. The molecule has 1 aromatic rings. The lowest BCUT2D eigenvalue weighted by Gasteiger charge is -2.02. The van der Waals surface area contributed by atoms with Gasteiger partial charge in [-0.25, -0.2) is 4.98 Å². The van der Waals surface area contributed by atoms with Crippen molar-refractivity contribution in [2.45, 2.75) is 45.1 Å². The molecule has 1 fully saturated rings. The van der Waals surface area contributed by atoms with Crippen molar-refractivity contribution in [1.82, 2.24) is 9.55 Å². The first kappa shape index (κ1) is 10.2. The van der Waals surface area contributed by atoms with Gasteiger partial charge in [0.05, 0.1) is 5.69 Å². The van der Waals surface area contributed by atoms with Gasteiger partial charge in [-0.1, -0.05) is 13.8 Å². The molecule has 15 heavy (non-hydrogen) atoms. The molecule has 1 N–H and O–H groups in total. The van der Waals surface area contributed by atoms with E-state index in [2.05, 4.69) is 18.8 Å². The van der Waals surface area contributed by atoms with Crippen molar-refractivity contribution < 1.29 is 9.90 Å². The molecule has 0 aliphatic heterocycles. The molecule has 0 bridgehead atoms. The van der Waals surface area contributed by atoms with E-state index in [0.717, 1.165) is 18.5 Å². The first-order chi connectivity index (χ1) is 7.08. The van der Waals surface area contributed by atoms with Crippen molar-refractivity contribution in [3.05, 3.63) is 17.7 Å². The van der Waals surface area contributed by atoms with Crippen molar-refractivity contribution in [3.63, 3.8) is 0 Å². The van der Waals surface area contributed by atoms with Crippen molar-refractivity contribution in [1.29, 1.82) is 0 Å². The Balaban J connectivity index is 2.28. The summed E-state index contributed by atoms with van der Waals surface area (Å²) in [4.78, 5) is 15.1. The van der Waals surface area contributed by atoms with Crippen molar-refractivity contribution in [2.24, 2.45) is 0 Å². The number of carboxylic acids is 1. The van der Waals surface area contributed by atoms with Crippen LogP contribution in [0, 0.1) is 0 Å². The quantitative estimate of drug-likeness (QED) is 0.823. The van der Waals surface area contributed by atoms with Crippen LogP contribution in [0.1, 0.15) is 50.2 Å². The molecule has 4 nitrogen and oxygen atoms in total. The van der Waals surface area contributed by atoms with Gasteiger partial charge in [0.1, 0.15) is 12.2 Å². The van der Waals surface area contributed by atoms with E-state index < -0.39 is 5.97 Å². The van der Waals surface area contributed by atoms with E-state index in [-0.39, 0.29) is 6.42 Å². The number of carbonyl (C=O) groups is 1. The summed E-state index contributed by atoms with van der Waals surface area (Å²) in [6.07, 6.45) is 4.35. The second-order valence-corrected chi connectivity index (χ2v) is 4.45. The zero-order valence-corrected chi connectivity index (χ0v) is 9.10. The Morgan fingerprint density at radius 2 is 2.33 bits per heavy atom. The fraction of sp³-hybridized carbons (Fsp3) is 0.636. The molecule has 1 aliphatic carbocycles. The predicted octanol–water partition coefficient (Wildman–Crippen LogP) is 1.97. The Hall–Kier alpha value is -1.32. The van der Waals surface area contributed by atoms with Gasteiger partial charge in [-0.15, -0.1) is 0 Å². The molecule has 82 valence electrons. The van der Waals surface area contributed by atoms with Crippen LogP contribution in [-0.4, -0.2) is 20.6 Å². The maximum absolute atomic E-state index is 10.7. The number of aromatic nitrogens is 2. The number of hydrogen-bond donors (Lipinski definition) is 1. The maximum atomic E-state index is 10.7. The van der Waals surface area contributed by atoms with E-state index in [1.54, 1.807) is 0 Å². The smallest absolute Gasteiger partial charge is 0.311 e. The average Bonchev–Trinajstić information content (AvgIpc) is 2.88. The highest BCUT2D eigenvalue weighted by Gasteiger charge is 2.27. The summed E-state index contributed by atoms with van der Waals surface area (Å²) in [5.74, 6) is 0.254. The predicted molar refractivity (Wildman–Crippen MR) is 55.9 cm³/mol. The molecule has 0 aromatic carbocycles. The molecule has 0 amide bonds. The minimum absolute atomic E-state index is 0.0310. The number of nitrogens with zero attached hydrogens (tertiary/aromatic N) is 2. The molecule has 0 saturated heterocycles. The van der Waals surface area contributed by atoms with Crippen LogP contribution >= 0.6 is 0 Å². The second kappa shape index (κ2) is 3.68. The van der Waals surface area contributed by atoms with Crippen LogP contribution in [0.5, 0.6) is 0 Å². The van der Waals surface area contributed by atoms with Crippen LogP contribution in [-0.2, 0) is 11.2 Å². The molecular weight excluding hydrogens is 192 g/mol. The Morgan fingerprint density at radius 3 is 2.80 bits per heavy atom. The SMILES string of the molecule is CC(C)c1cn(C2CC2)c(CC(=O)O)n1. The molecule has 2 rings (SSSR count). The summed E-state index contributed by atoms with van der Waals surface area (Å²) < 4.78 is 2.05. The van der Waals surface area contributed by atoms with E-state index in [1.807, 2.05) is 10.8 Å². The highest BCUT2D eigenvalue weighted by molar-refractivity contribution is 5.69. The third kappa shape index (κ3) is 2.19. The minimum atomic E-state index is -0.808. The molecule has 0 radical (unpaired) electrons. The van der Waals surface area contributed by atoms with Gasteiger partial charge in [-0.2, -0.15) is 0 Å². The summed E-state index contributed by atoms with van der Waals surface area (Å²) in [7, 11) is 0. The number of carboxylic acid groups (broad SMARTS) is 1. The number of imidazole rings is 1. The monoisotopic (exact) mass is 208 g/mol. The number of rotatable bonds is 4. The van der Waals surface area contributed by atoms with E-state index in [4.69, 9.17) is 5.11 Å². The Morgan fingerprint density at radius 1 is 1.67 bits per heavy atom. The molecule has 1 saturated carbocycles. The zero-order valence-electron chi connectivity index (χ0n) is 9.10. The lowest BCUT2D eigenvalue weighted by molar-refractivity contribution is -0.136. The minimum Gasteiger partial charge on any atom is -0.481 e. The molecule has 0 spiro atoms. The Bertz CT molecular complexity index is 378. The topological polar surface area (TPSA) is 55.1 Å². The fourth-order valence-corrected chi connectivity index (χ4v) is 1.67. The molecule has 1 aromatic heterocycles. The van der Waals surface area contributed by atoms with Crippen molar-refractivity contribution in [3.8, 4) is 0 Å². The van der Waals surface area contributed by atoms with Crippen molar-refractivity contribution >= 4 is 5.97 Å². The first-order valence-corrected chi connectivity index (χ1v) is 5.37. The lowest BCUT2D eigenvalue weighted by Crippen LogP contribution is -2.07. The van der Waals surface area contributed by atoms with Gasteiger partial charge in [0.15, 0.2) is 0 Å². The van der Waals surface area contributed by atoms with Gasteiger partial charge in [0.25, 0.3) is 0 Å². The molecule has 1 heterocycles.